The number of carbonyl (C=O) groups is 1. The van der Waals surface area contributed by atoms with E-state index in [0.29, 0.717) is 29.5 Å². The lowest BCUT2D eigenvalue weighted by molar-refractivity contribution is -0.00341. The van der Waals surface area contributed by atoms with Gasteiger partial charge in [-0.25, -0.2) is 0 Å². The van der Waals surface area contributed by atoms with E-state index in [2.05, 4.69) is 45.1 Å². The molecule has 4 aliphatic heterocycles. The number of benzene rings is 1. The van der Waals surface area contributed by atoms with Gasteiger partial charge in [-0.1, -0.05) is 30.3 Å². The molecule has 25 heavy (non-hydrogen) atoms. The van der Waals surface area contributed by atoms with Gasteiger partial charge in [-0.15, -0.1) is 0 Å². The van der Waals surface area contributed by atoms with Gasteiger partial charge >= 0.3 is 0 Å². The van der Waals surface area contributed by atoms with Gasteiger partial charge in [-0.2, -0.15) is 0 Å². The number of piperidine rings is 3. The normalized spacial score (nSPS) is 33.3. The highest BCUT2D eigenvalue weighted by molar-refractivity contribution is 5.94. The van der Waals surface area contributed by atoms with Gasteiger partial charge in [-0.3, -0.25) is 14.7 Å². The number of pyridine rings is 1. The average Bonchev–Trinajstić information content (AvgIpc) is 3.12. The van der Waals surface area contributed by atoms with Crippen LogP contribution in [-0.2, 0) is 0 Å². The predicted molar refractivity (Wildman–Crippen MR) is 96.3 cm³/mol. The van der Waals surface area contributed by atoms with Crippen molar-refractivity contribution in [3.05, 3.63) is 66.0 Å². The lowest BCUT2D eigenvalue weighted by Gasteiger charge is -2.51. The van der Waals surface area contributed by atoms with Crippen LogP contribution in [0, 0.1) is 5.92 Å². The predicted octanol–water partition coefficient (Wildman–Crippen LogP) is 2.78. The standard InChI is InChI=1S/C21H23N3O/c25-21(17-7-4-10-22-13-17)24-14-18(15-5-2-1-3-6-15)20-19(24)16-8-11-23(20)12-9-16/h1-7,10,13,16,18-20H,8-9,11-12,14H2/t18-,19+,20+/m1/s1. The number of aromatic nitrogens is 1. The van der Waals surface area contributed by atoms with Crippen molar-refractivity contribution in [1.29, 1.82) is 0 Å². The lowest BCUT2D eigenvalue weighted by Crippen LogP contribution is -2.60. The van der Waals surface area contributed by atoms with Crippen molar-refractivity contribution in [1.82, 2.24) is 14.8 Å². The van der Waals surface area contributed by atoms with Gasteiger partial charge in [0.05, 0.1) is 11.6 Å². The zero-order valence-corrected chi connectivity index (χ0v) is 14.3. The molecule has 4 aliphatic rings. The van der Waals surface area contributed by atoms with E-state index < -0.39 is 0 Å². The molecule has 1 aromatic carbocycles. The summed E-state index contributed by atoms with van der Waals surface area (Å²) in [5, 5.41) is 0. The second-order valence-electron chi connectivity index (χ2n) is 7.57. The minimum atomic E-state index is 0.148. The number of fused-ring (bicyclic) bond motifs is 2. The Bertz CT molecular complexity index is 755. The Morgan fingerprint density at radius 3 is 2.52 bits per heavy atom. The number of hydrogen-bond donors (Lipinski definition) is 0. The van der Waals surface area contributed by atoms with Gasteiger partial charge in [0.2, 0.25) is 0 Å². The van der Waals surface area contributed by atoms with Crippen molar-refractivity contribution in [3.63, 3.8) is 0 Å². The Labute approximate surface area is 148 Å². The van der Waals surface area contributed by atoms with Gasteiger partial charge in [0.25, 0.3) is 5.91 Å². The van der Waals surface area contributed by atoms with E-state index in [-0.39, 0.29) is 5.91 Å². The van der Waals surface area contributed by atoms with Crippen molar-refractivity contribution in [2.45, 2.75) is 30.8 Å². The maximum absolute atomic E-state index is 13.2. The third-order valence-electron chi connectivity index (χ3n) is 6.39. The summed E-state index contributed by atoms with van der Waals surface area (Å²) in [5.41, 5.74) is 2.08. The molecule has 1 aromatic heterocycles. The van der Waals surface area contributed by atoms with Crippen molar-refractivity contribution in [2.24, 2.45) is 5.92 Å². The second-order valence-corrected chi connectivity index (χ2v) is 7.57. The second kappa shape index (κ2) is 5.95. The third kappa shape index (κ3) is 2.39. The van der Waals surface area contributed by atoms with E-state index in [9.17, 15) is 4.79 Å². The molecule has 4 fully saturated rings. The summed E-state index contributed by atoms with van der Waals surface area (Å²) in [6.07, 6.45) is 5.87. The molecule has 0 N–H and O–H groups in total. The zero-order chi connectivity index (χ0) is 16.8. The topological polar surface area (TPSA) is 36.4 Å². The zero-order valence-electron chi connectivity index (χ0n) is 14.3. The first-order valence-corrected chi connectivity index (χ1v) is 9.33. The molecule has 128 valence electrons. The minimum absolute atomic E-state index is 0.148. The van der Waals surface area contributed by atoms with Crippen LogP contribution in [0.3, 0.4) is 0 Å². The minimum Gasteiger partial charge on any atom is -0.333 e. The van der Waals surface area contributed by atoms with Crippen molar-refractivity contribution < 1.29 is 4.79 Å². The molecule has 4 nitrogen and oxygen atoms in total. The SMILES string of the molecule is O=C(c1cccnc1)N1C[C@H](c2ccccc2)[C@H]2[C@@H]1C1CCN2CC1. The van der Waals surface area contributed by atoms with Crippen LogP contribution in [0.25, 0.3) is 0 Å². The van der Waals surface area contributed by atoms with Crippen molar-refractivity contribution >= 4 is 5.91 Å². The molecule has 0 unspecified atom stereocenters. The molecule has 2 bridgehead atoms. The largest absolute Gasteiger partial charge is 0.333 e. The Kier molecular flexibility index (Phi) is 3.59. The molecule has 4 saturated heterocycles. The summed E-state index contributed by atoms with van der Waals surface area (Å²) in [6.45, 7) is 3.19. The fourth-order valence-corrected chi connectivity index (χ4v) is 5.30. The fraction of sp³-hybridized carbons (Fsp3) is 0.429. The number of carbonyl (C=O) groups excluding carboxylic acids is 1. The van der Waals surface area contributed by atoms with Crippen LogP contribution >= 0.6 is 0 Å². The molecule has 0 radical (unpaired) electrons. The lowest BCUT2D eigenvalue weighted by atomic mass is 9.75. The molecule has 0 saturated carbocycles. The number of rotatable bonds is 2. The van der Waals surface area contributed by atoms with Crippen LogP contribution in [0.4, 0.5) is 0 Å². The summed E-state index contributed by atoms with van der Waals surface area (Å²) in [6, 6.07) is 15.3. The molecule has 1 amide bonds. The molecule has 0 spiro atoms. The molecule has 6 rings (SSSR count). The van der Waals surface area contributed by atoms with Crippen LogP contribution in [0.1, 0.15) is 34.7 Å². The van der Waals surface area contributed by atoms with Gasteiger partial charge in [0.15, 0.2) is 0 Å². The summed E-state index contributed by atoms with van der Waals surface area (Å²) in [5.74, 6) is 1.20. The van der Waals surface area contributed by atoms with Crippen molar-refractivity contribution in [2.75, 3.05) is 19.6 Å². The molecular weight excluding hydrogens is 310 g/mol. The van der Waals surface area contributed by atoms with E-state index in [4.69, 9.17) is 0 Å². The smallest absolute Gasteiger partial charge is 0.255 e. The van der Waals surface area contributed by atoms with Crippen LogP contribution in [0.15, 0.2) is 54.9 Å². The Morgan fingerprint density at radius 1 is 1.00 bits per heavy atom. The number of nitrogens with zero attached hydrogens (tertiary/aromatic N) is 3. The molecule has 5 heterocycles. The Morgan fingerprint density at radius 2 is 1.80 bits per heavy atom. The van der Waals surface area contributed by atoms with Crippen LogP contribution in [0.5, 0.6) is 0 Å². The number of hydrogen-bond acceptors (Lipinski definition) is 3. The van der Waals surface area contributed by atoms with E-state index >= 15 is 0 Å². The highest BCUT2D eigenvalue weighted by Gasteiger charge is 2.54. The number of likely N-dealkylation sites (tertiary alicyclic amines) is 1. The summed E-state index contributed by atoms with van der Waals surface area (Å²) < 4.78 is 0. The highest BCUT2D eigenvalue weighted by Crippen LogP contribution is 2.46. The summed E-state index contributed by atoms with van der Waals surface area (Å²) in [7, 11) is 0. The quantitative estimate of drug-likeness (QED) is 0.848. The fourth-order valence-electron chi connectivity index (χ4n) is 5.30. The summed E-state index contributed by atoms with van der Waals surface area (Å²) >= 11 is 0. The molecule has 2 aromatic rings. The van der Waals surface area contributed by atoms with E-state index in [1.165, 1.54) is 31.5 Å². The Hall–Kier alpha value is -2.20. The first-order chi connectivity index (χ1) is 12.3. The maximum Gasteiger partial charge on any atom is 0.255 e. The monoisotopic (exact) mass is 333 g/mol. The summed E-state index contributed by atoms with van der Waals surface area (Å²) in [4.78, 5) is 22.2. The van der Waals surface area contributed by atoms with Gasteiger partial charge in [0, 0.05) is 30.9 Å². The van der Waals surface area contributed by atoms with E-state index in [1.807, 2.05) is 12.1 Å². The van der Waals surface area contributed by atoms with Gasteiger partial charge < -0.3 is 4.90 Å². The van der Waals surface area contributed by atoms with Gasteiger partial charge in [-0.05, 0) is 49.5 Å². The first kappa shape index (κ1) is 15.1. The maximum atomic E-state index is 13.2. The van der Waals surface area contributed by atoms with E-state index in [1.54, 1.807) is 12.4 Å². The third-order valence-corrected chi connectivity index (χ3v) is 6.39. The highest BCUT2D eigenvalue weighted by atomic mass is 16.2. The van der Waals surface area contributed by atoms with Crippen LogP contribution in [-0.4, -0.2) is 52.4 Å². The van der Waals surface area contributed by atoms with Gasteiger partial charge in [0.1, 0.15) is 0 Å². The average molecular weight is 333 g/mol. The molecule has 0 aliphatic carbocycles. The van der Waals surface area contributed by atoms with E-state index in [0.717, 1.165) is 6.54 Å². The Balaban J connectivity index is 1.53. The molecule has 4 heteroatoms. The van der Waals surface area contributed by atoms with Crippen LogP contribution < -0.4 is 0 Å². The van der Waals surface area contributed by atoms with Crippen LogP contribution in [0.2, 0.25) is 0 Å². The number of amides is 1. The molecule has 3 atom stereocenters. The molecular formula is C21H23N3O. The first-order valence-electron chi connectivity index (χ1n) is 9.33. The van der Waals surface area contributed by atoms with Crippen molar-refractivity contribution in [3.8, 4) is 0 Å².